The van der Waals surface area contributed by atoms with E-state index in [9.17, 15) is 9.59 Å². The van der Waals surface area contributed by atoms with Crippen molar-refractivity contribution in [2.75, 3.05) is 37.6 Å². The summed E-state index contributed by atoms with van der Waals surface area (Å²) in [6.07, 6.45) is 5.89. The van der Waals surface area contributed by atoms with Gasteiger partial charge in [0.05, 0.1) is 12.2 Å². The number of carbonyl (C=O) groups is 2. The van der Waals surface area contributed by atoms with Crippen molar-refractivity contribution in [2.45, 2.75) is 13.3 Å². The number of aromatic nitrogens is 2. The second kappa shape index (κ2) is 9.12. The molecule has 1 fully saturated rings. The second-order valence-electron chi connectivity index (χ2n) is 6.80. The molecule has 1 aromatic heterocycles. The van der Waals surface area contributed by atoms with Crippen LogP contribution in [0.4, 0.5) is 5.69 Å². The van der Waals surface area contributed by atoms with Gasteiger partial charge in [-0.25, -0.2) is 0 Å². The highest BCUT2D eigenvalue weighted by Gasteiger charge is 2.26. The number of nitrogens with zero attached hydrogens (tertiary/aromatic N) is 4. The van der Waals surface area contributed by atoms with Crippen LogP contribution in [0.5, 0.6) is 0 Å². The van der Waals surface area contributed by atoms with E-state index in [1.807, 2.05) is 23.1 Å². The van der Waals surface area contributed by atoms with Crippen molar-refractivity contribution in [3.05, 3.63) is 54.6 Å². The number of rotatable bonds is 5. The summed E-state index contributed by atoms with van der Waals surface area (Å²) >= 11 is 0. The van der Waals surface area contributed by atoms with Gasteiger partial charge in [0.25, 0.3) is 0 Å². The lowest BCUT2D eigenvalue weighted by molar-refractivity contribution is -0.132. The van der Waals surface area contributed by atoms with Crippen LogP contribution in [0.1, 0.15) is 12.6 Å². The summed E-state index contributed by atoms with van der Waals surface area (Å²) < 4.78 is 0. The van der Waals surface area contributed by atoms with E-state index in [0.717, 1.165) is 30.9 Å². The standard InChI is InChI=1S/C20H25N5O2/c1-16(26)23-13-20(27)25-10-9-24(19-5-3-2-4-6-19)14-17(15-25)11-18-12-21-7-8-22-18/h2-8,12,17H,9-11,13-15H2,1H3,(H,23,26)/t17-/m1/s1. The lowest BCUT2D eigenvalue weighted by Crippen LogP contribution is -2.42. The Morgan fingerprint density at radius 2 is 1.96 bits per heavy atom. The monoisotopic (exact) mass is 367 g/mol. The topological polar surface area (TPSA) is 78.4 Å². The summed E-state index contributed by atoms with van der Waals surface area (Å²) in [5.41, 5.74) is 2.07. The van der Waals surface area contributed by atoms with Crippen molar-refractivity contribution < 1.29 is 9.59 Å². The van der Waals surface area contributed by atoms with E-state index in [1.54, 1.807) is 18.6 Å². The molecule has 1 aliphatic heterocycles. The largest absolute Gasteiger partial charge is 0.369 e. The molecule has 142 valence electrons. The molecule has 1 atom stereocenters. The van der Waals surface area contributed by atoms with Crippen molar-refractivity contribution in [2.24, 2.45) is 5.92 Å². The van der Waals surface area contributed by atoms with Crippen LogP contribution in [0.15, 0.2) is 48.9 Å². The zero-order chi connectivity index (χ0) is 19.1. The maximum atomic E-state index is 12.6. The lowest BCUT2D eigenvalue weighted by Gasteiger charge is -2.25. The first-order chi connectivity index (χ1) is 13.1. The van der Waals surface area contributed by atoms with Gasteiger partial charge in [-0.05, 0) is 24.5 Å². The van der Waals surface area contributed by atoms with Gasteiger partial charge in [0.15, 0.2) is 0 Å². The van der Waals surface area contributed by atoms with E-state index in [1.165, 1.54) is 6.92 Å². The molecule has 7 nitrogen and oxygen atoms in total. The third kappa shape index (κ3) is 5.51. The highest BCUT2D eigenvalue weighted by Crippen LogP contribution is 2.20. The van der Waals surface area contributed by atoms with Crippen molar-refractivity contribution >= 4 is 17.5 Å². The Balaban J connectivity index is 1.75. The smallest absolute Gasteiger partial charge is 0.242 e. The number of nitrogens with one attached hydrogen (secondary N) is 1. The first-order valence-electron chi connectivity index (χ1n) is 9.19. The summed E-state index contributed by atoms with van der Waals surface area (Å²) in [6.45, 7) is 4.32. The van der Waals surface area contributed by atoms with Crippen LogP contribution in [0.2, 0.25) is 0 Å². The molecule has 1 saturated heterocycles. The molecule has 3 rings (SSSR count). The van der Waals surface area contributed by atoms with Crippen LogP contribution in [-0.2, 0) is 16.0 Å². The van der Waals surface area contributed by atoms with Crippen molar-refractivity contribution in [3.8, 4) is 0 Å². The SMILES string of the molecule is CC(=O)NCC(=O)N1CCN(c2ccccc2)C[C@@H](Cc2cnccn2)C1. The Kier molecular flexibility index (Phi) is 6.35. The predicted octanol–water partition coefficient (Wildman–Crippen LogP) is 1.12. The van der Waals surface area contributed by atoms with Crippen LogP contribution in [0, 0.1) is 5.92 Å². The molecule has 1 aliphatic rings. The van der Waals surface area contributed by atoms with Gasteiger partial charge in [-0.15, -0.1) is 0 Å². The van der Waals surface area contributed by atoms with E-state index in [0.29, 0.717) is 13.1 Å². The van der Waals surface area contributed by atoms with Gasteiger partial charge in [0.1, 0.15) is 0 Å². The van der Waals surface area contributed by atoms with Gasteiger partial charge in [-0.1, -0.05) is 18.2 Å². The number of benzene rings is 1. The average Bonchev–Trinajstić information content (AvgIpc) is 2.90. The average molecular weight is 367 g/mol. The molecular formula is C20H25N5O2. The Morgan fingerprint density at radius 1 is 1.15 bits per heavy atom. The molecule has 2 amide bonds. The van der Waals surface area contributed by atoms with Crippen molar-refractivity contribution in [1.29, 1.82) is 0 Å². The lowest BCUT2D eigenvalue weighted by atomic mass is 10.0. The number of para-hydroxylation sites is 1. The van der Waals surface area contributed by atoms with Gasteiger partial charge < -0.3 is 15.1 Å². The first-order valence-corrected chi connectivity index (χ1v) is 9.19. The maximum absolute atomic E-state index is 12.6. The maximum Gasteiger partial charge on any atom is 0.242 e. The van der Waals surface area contributed by atoms with Crippen molar-refractivity contribution in [3.63, 3.8) is 0 Å². The zero-order valence-electron chi connectivity index (χ0n) is 15.5. The van der Waals surface area contributed by atoms with Gasteiger partial charge in [-0.3, -0.25) is 19.6 Å². The fourth-order valence-electron chi connectivity index (χ4n) is 3.38. The summed E-state index contributed by atoms with van der Waals surface area (Å²) in [6, 6.07) is 10.2. The zero-order valence-corrected chi connectivity index (χ0v) is 15.5. The number of amides is 2. The molecule has 0 bridgehead atoms. The Labute approximate surface area is 159 Å². The van der Waals surface area contributed by atoms with Gasteiger partial charge in [0.2, 0.25) is 11.8 Å². The summed E-state index contributed by atoms with van der Waals surface area (Å²) in [7, 11) is 0. The van der Waals surface area contributed by atoms with Gasteiger partial charge >= 0.3 is 0 Å². The highest BCUT2D eigenvalue weighted by atomic mass is 16.2. The minimum atomic E-state index is -0.194. The molecular weight excluding hydrogens is 342 g/mol. The third-order valence-corrected chi connectivity index (χ3v) is 4.67. The molecule has 1 aromatic carbocycles. The number of carbonyl (C=O) groups excluding carboxylic acids is 2. The van der Waals surface area contributed by atoms with Crippen LogP contribution in [0.25, 0.3) is 0 Å². The van der Waals surface area contributed by atoms with Gasteiger partial charge in [-0.2, -0.15) is 0 Å². The minimum Gasteiger partial charge on any atom is -0.369 e. The molecule has 0 aliphatic carbocycles. The summed E-state index contributed by atoms with van der Waals surface area (Å²) in [4.78, 5) is 36.4. The molecule has 0 saturated carbocycles. The fraction of sp³-hybridized carbons (Fsp3) is 0.400. The molecule has 2 aromatic rings. The van der Waals surface area contributed by atoms with Crippen LogP contribution in [-0.4, -0.2) is 59.4 Å². The number of hydrogen-bond acceptors (Lipinski definition) is 5. The molecule has 1 N–H and O–H groups in total. The Hall–Kier alpha value is -2.96. The molecule has 2 heterocycles. The highest BCUT2D eigenvalue weighted by molar-refractivity contribution is 5.83. The predicted molar refractivity (Wildman–Crippen MR) is 103 cm³/mol. The Bertz CT molecular complexity index is 753. The second-order valence-corrected chi connectivity index (χ2v) is 6.80. The fourth-order valence-corrected chi connectivity index (χ4v) is 3.38. The summed E-state index contributed by atoms with van der Waals surface area (Å²) in [5.74, 6) is -0.0184. The van der Waals surface area contributed by atoms with E-state index in [2.05, 4.69) is 32.3 Å². The molecule has 0 unspecified atom stereocenters. The Morgan fingerprint density at radius 3 is 2.67 bits per heavy atom. The van der Waals surface area contributed by atoms with Crippen LogP contribution < -0.4 is 10.2 Å². The van der Waals surface area contributed by atoms with E-state index >= 15 is 0 Å². The number of anilines is 1. The molecule has 0 spiro atoms. The van der Waals surface area contributed by atoms with E-state index in [4.69, 9.17) is 0 Å². The summed E-state index contributed by atoms with van der Waals surface area (Å²) in [5, 5.41) is 2.60. The van der Waals surface area contributed by atoms with Gasteiger partial charge in [0, 0.05) is 57.4 Å². The number of hydrogen-bond donors (Lipinski definition) is 1. The van der Waals surface area contributed by atoms with Crippen LogP contribution in [0.3, 0.4) is 0 Å². The van der Waals surface area contributed by atoms with Crippen molar-refractivity contribution in [1.82, 2.24) is 20.2 Å². The minimum absolute atomic E-state index is 0.0402. The molecule has 27 heavy (non-hydrogen) atoms. The first kappa shape index (κ1) is 18.8. The molecule has 7 heteroatoms. The van der Waals surface area contributed by atoms with E-state index in [-0.39, 0.29) is 24.3 Å². The van der Waals surface area contributed by atoms with Crippen LogP contribution >= 0.6 is 0 Å². The normalized spacial score (nSPS) is 17.3. The molecule has 0 radical (unpaired) electrons. The van der Waals surface area contributed by atoms with E-state index < -0.39 is 0 Å². The third-order valence-electron chi connectivity index (χ3n) is 4.67. The quantitative estimate of drug-likeness (QED) is 0.857.